The molecule has 0 bridgehead atoms. The van der Waals surface area contributed by atoms with Gasteiger partial charge in [0.05, 0.1) is 10.6 Å². The highest BCUT2D eigenvalue weighted by Crippen LogP contribution is 2.17. The summed E-state index contributed by atoms with van der Waals surface area (Å²) in [6.07, 6.45) is 0. The zero-order valence-corrected chi connectivity index (χ0v) is 12.6. The Kier molecular flexibility index (Phi) is 3.35. The lowest BCUT2D eigenvalue weighted by molar-refractivity contribution is 0.104. The van der Waals surface area contributed by atoms with Gasteiger partial charge in [-0.15, -0.1) is 11.3 Å². The molecular formula is C16H14N2O2S. The van der Waals surface area contributed by atoms with Crippen molar-refractivity contribution in [3.8, 4) is 5.69 Å². The molecule has 5 heteroatoms. The number of carbonyl (C=O) groups excluding carboxylic acids is 1. The smallest absolute Gasteiger partial charge is 0.282 e. The SMILES string of the molecule is Cc1c(C(=O)c2cccs2)c(=O)n(-c2ccccc2)n1C. The molecule has 3 rings (SSSR count). The third kappa shape index (κ3) is 2.15. The normalized spacial score (nSPS) is 10.8. The zero-order valence-electron chi connectivity index (χ0n) is 11.7. The van der Waals surface area contributed by atoms with Crippen molar-refractivity contribution in [1.82, 2.24) is 9.36 Å². The van der Waals surface area contributed by atoms with E-state index in [1.54, 1.807) is 24.7 Å². The maximum absolute atomic E-state index is 12.7. The maximum atomic E-state index is 12.7. The molecule has 0 saturated heterocycles. The summed E-state index contributed by atoms with van der Waals surface area (Å²) in [4.78, 5) is 25.8. The molecule has 21 heavy (non-hydrogen) atoms. The predicted octanol–water partition coefficient (Wildman–Crippen LogP) is 2.78. The van der Waals surface area contributed by atoms with Crippen molar-refractivity contribution in [2.75, 3.05) is 0 Å². The first kappa shape index (κ1) is 13.6. The van der Waals surface area contributed by atoms with Crippen molar-refractivity contribution >= 4 is 17.1 Å². The molecule has 2 aromatic heterocycles. The summed E-state index contributed by atoms with van der Waals surface area (Å²) in [6.45, 7) is 1.79. The van der Waals surface area contributed by atoms with Crippen LogP contribution in [0.3, 0.4) is 0 Å². The standard InChI is InChI=1S/C16H14N2O2S/c1-11-14(15(19)13-9-6-10-21-13)16(20)18(17(11)2)12-7-4-3-5-8-12/h3-10H,1-2H3. The Hall–Kier alpha value is -2.40. The van der Waals surface area contributed by atoms with E-state index in [0.29, 0.717) is 10.6 Å². The van der Waals surface area contributed by atoms with Crippen molar-refractivity contribution in [2.24, 2.45) is 7.05 Å². The number of para-hydroxylation sites is 1. The van der Waals surface area contributed by atoms with Crippen LogP contribution in [0.1, 0.15) is 20.9 Å². The summed E-state index contributed by atoms with van der Waals surface area (Å²) in [6, 6.07) is 12.9. The molecule has 0 unspecified atom stereocenters. The lowest BCUT2D eigenvalue weighted by atomic mass is 10.1. The van der Waals surface area contributed by atoms with E-state index in [2.05, 4.69) is 0 Å². The van der Waals surface area contributed by atoms with Crippen molar-refractivity contribution in [3.63, 3.8) is 0 Å². The monoisotopic (exact) mass is 298 g/mol. The fourth-order valence-electron chi connectivity index (χ4n) is 2.36. The number of aromatic nitrogens is 2. The Morgan fingerprint density at radius 1 is 1.10 bits per heavy atom. The number of hydrogen-bond donors (Lipinski definition) is 0. The molecular weight excluding hydrogens is 284 g/mol. The van der Waals surface area contributed by atoms with Crippen molar-refractivity contribution < 1.29 is 4.79 Å². The number of nitrogens with zero attached hydrogens (tertiary/aromatic N) is 2. The van der Waals surface area contributed by atoms with Crippen LogP contribution in [0.15, 0.2) is 52.6 Å². The van der Waals surface area contributed by atoms with Crippen LogP contribution >= 0.6 is 11.3 Å². The minimum absolute atomic E-state index is 0.210. The topological polar surface area (TPSA) is 44.0 Å². The molecule has 0 radical (unpaired) electrons. The predicted molar refractivity (Wildman–Crippen MR) is 83.5 cm³/mol. The van der Waals surface area contributed by atoms with Gasteiger partial charge in [0.1, 0.15) is 5.56 Å². The van der Waals surface area contributed by atoms with Crippen molar-refractivity contribution in [3.05, 3.63) is 74.3 Å². The minimum Gasteiger partial charge on any atom is -0.287 e. The average molecular weight is 298 g/mol. The third-order valence-electron chi connectivity index (χ3n) is 3.53. The maximum Gasteiger partial charge on any atom is 0.282 e. The van der Waals surface area contributed by atoms with Gasteiger partial charge in [0.15, 0.2) is 0 Å². The summed E-state index contributed by atoms with van der Waals surface area (Å²) in [5.41, 5.74) is 1.38. The summed E-state index contributed by atoms with van der Waals surface area (Å²) in [5, 5.41) is 1.83. The van der Waals surface area contributed by atoms with E-state index < -0.39 is 0 Å². The van der Waals surface area contributed by atoms with Crippen LogP contribution in [-0.4, -0.2) is 15.1 Å². The van der Waals surface area contributed by atoms with E-state index in [0.717, 1.165) is 5.69 Å². The molecule has 0 aliphatic carbocycles. The van der Waals surface area contributed by atoms with Crippen LogP contribution in [0.5, 0.6) is 0 Å². The van der Waals surface area contributed by atoms with Gasteiger partial charge in [0, 0.05) is 12.7 Å². The van der Waals surface area contributed by atoms with Crippen LogP contribution in [0.2, 0.25) is 0 Å². The quantitative estimate of drug-likeness (QED) is 0.698. The molecule has 2 heterocycles. The summed E-state index contributed by atoms with van der Waals surface area (Å²) >= 11 is 1.35. The van der Waals surface area contributed by atoms with Gasteiger partial charge in [-0.25, -0.2) is 4.68 Å². The van der Waals surface area contributed by atoms with Gasteiger partial charge in [-0.2, -0.15) is 0 Å². The fraction of sp³-hybridized carbons (Fsp3) is 0.125. The Morgan fingerprint density at radius 2 is 1.81 bits per heavy atom. The van der Waals surface area contributed by atoms with Gasteiger partial charge in [0.2, 0.25) is 5.78 Å². The molecule has 0 fully saturated rings. The molecule has 1 aromatic carbocycles. The highest BCUT2D eigenvalue weighted by Gasteiger charge is 2.23. The van der Waals surface area contributed by atoms with Gasteiger partial charge >= 0.3 is 0 Å². The van der Waals surface area contributed by atoms with Gasteiger partial charge in [-0.3, -0.25) is 14.3 Å². The second-order valence-electron chi connectivity index (χ2n) is 4.74. The van der Waals surface area contributed by atoms with Gasteiger partial charge < -0.3 is 0 Å². The van der Waals surface area contributed by atoms with Gasteiger partial charge in [-0.1, -0.05) is 24.3 Å². The highest BCUT2D eigenvalue weighted by atomic mass is 32.1. The van der Waals surface area contributed by atoms with Crippen LogP contribution in [-0.2, 0) is 7.05 Å². The molecule has 0 aliphatic heterocycles. The average Bonchev–Trinajstić information content (AvgIpc) is 3.09. The van der Waals surface area contributed by atoms with E-state index in [9.17, 15) is 9.59 Å². The molecule has 0 N–H and O–H groups in total. The molecule has 0 amide bonds. The first-order valence-corrected chi connectivity index (χ1v) is 7.41. The summed E-state index contributed by atoms with van der Waals surface area (Å²) in [5.74, 6) is -0.210. The van der Waals surface area contributed by atoms with Gasteiger partial charge in [-0.05, 0) is 30.5 Å². The second-order valence-corrected chi connectivity index (χ2v) is 5.69. The zero-order chi connectivity index (χ0) is 15.0. The Labute approximate surface area is 125 Å². The number of ketones is 1. The molecule has 0 saturated carbocycles. The minimum atomic E-state index is -0.278. The molecule has 0 spiro atoms. The molecule has 0 atom stereocenters. The van der Waals surface area contributed by atoms with E-state index in [4.69, 9.17) is 0 Å². The Morgan fingerprint density at radius 3 is 2.43 bits per heavy atom. The van der Waals surface area contributed by atoms with E-state index >= 15 is 0 Å². The van der Waals surface area contributed by atoms with Crippen molar-refractivity contribution in [2.45, 2.75) is 6.92 Å². The largest absolute Gasteiger partial charge is 0.287 e. The van der Waals surface area contributed by atoms with Crippen LogP contribution in [0, 0.1) is 6.92 Å². The molecule has 4 nitrogen and oxygen atoms in total. The molecule has 106 valence electrons. The third-order valence-corrected chi connectivity index (χ3v) is 4.39. The number of thiophene rings is 1. The first-order valence-electron chi connectivity index (χ1n) is 6.53. The number of benzene rings is 1. The van der Waals surface area contributed by atoms with Crippen LogP contribution in [0.4, 0.5) is 0 Å². The van der Waals surface area contributed by atoms with Crippen molar-refractivity contribution in [1.29, 1.82) is 0 Å². The lowest BCUT2D eigenvalue weighted by Crippen LogP contribution is -2.22. The summed E-state index contributed by atoms with van der Waals surface area (Å²) < 4.78 is 3.24. The van der Waals surface area contributed by atoms with E-state index in [-0.39, 0.29) is 16.9 Å². The van der Waals surface area contributed by atoms with E-state index in [1.807, 2.05) is 41.8 Å². The number of rotatable bonds is 3. The molecule has 0 aliphatic rings. The number of hydrogen-bond acceptors (Lipinski definition) is 3. The second kappa shape index (κ2) is 5.18. The lowest BCUT2D eigenvalue weighted by Gasteiger charge is -2.07. The Bertz CT molecular complexity index is 843. The van der Waals surface area contributed by atoms with Crippen LogP contribution < -0.4 is 5.56 Å². The summed E-state index contributed by atoms with van der Waals surface area (Å²) in [7, 11) is 1.79. The number of carbonyl (C=O) groups is 1. The fourth-order valence-corrected chi connectivity index (χ4v) is 3.03. The molecule has 3 aromatic rings. The van der Waals surface area contributed by atoms with E-state index in [1.165, 1.54) is 16.0 Å². The van der Waals surface area contributed by atoms with Gasteiger partial charge in [0.25, 0.3) is 5.56 Å². The Balaban J connectivity index is 2.21. The first-order chi connectivity index (χ1) is 10.1. The highest BCUT2D eigenvalue weighted by molar-refractivity contribution is 7.12. The van der Waals surface area contributed by atoms with Crippen LogP contribution in [0.25, 0.3) is 5.69 Å².